The number of hydrogen-bond donors (Lipinski definition) is 1. The molecule has 5 atom stereocenters. The van der Waals surface area contributed by atoms with Crippen LogP contribution in [-0.4, -0.2) is 41.2 Å². The fourth-order valence-corrected chi connectivity index (χ4v) is 5.19. The molecule has 1 aromatic rings. The summed E-state index contributed by atoms with van der Waals surface area (Å²) in [6.45, 7) is 4.94. The molecule has 1 heterocycles. The Morgan fingerprint density at radius 2 is 1.72 bits per heavy atom. The summed E-state index contributed by atoms with van der Waals surface area (Å²) in [6.07, 6.45) is 2.91. The first-order chi connectivity index (χ1) is 13.8. The van der Waals surface area contributed by atoms with Crippen molar-refractivity contribution in [2.45, 2.75) is 46.1 Å². The summed E-state index contributed by atoms with van der Waals surface area (Å²) >= 11 is 0. The Morgan fingerprint density at radius 3 is 2.31 bits per heavy atom. The number of carbonyl (C=O) groups is 4. The predicted molar refractivity (Wildman–Crippen MR) is 105 cm³/mol. The van der Waals surface area contributed by atoms with Gasteiger partial charge in [0.25, 0.3) is 5.91 Å². The molecule has 1 aromatic carbocycles. The van der Waals surface area contributed by atoms with Crippen molar-refractivity contribution in [3.63, 3.8) is 0 Å². The van der Waals surface area contributed by atoms with Gasteiger partial charge < -0.3 is 10.1 Å². The number of ether oxygens (including phenoxy) is 1. The first-order valence-corrected chi connectivity index (χ1v) is 10.2. The summed E-state index contributed by atoms with van der Waals surface area (Å²) < 4.78 is 5.10. The number of amides is 3. The Labute approximate surface area is 169 Å². The minimum absolute atomic E-state index is 0.253. The van der Waals surface area contributed by atoms with E-state index in [-0.39, 0.29) is 35.5 Å². The van der Waals surface area contributed by atoms with E-state index in [9.17, 15) is 19.2 Å². The van der Waals surface area contributed by atoms with E-state index < -0.39 is 24.5 Å². The molecule has 2 saturated carbocycles. The summed E-state index contributed by atoms with van der Waals surface area (Å²) in [6, 6.07) is 4.49. The quantitative estimate of drug-likeness (QED) is 0.606. The topological polar surface area (TPSA) is 92.8 Å². The van der Waals surface area contributed by atoms with Crippen molar-refractivity contribution >= 4 is 29.4 Å². The third-order valence-electron chi connectivity index (χ3n) is 6.83. The third-order valence-corrected chi connectivity index (χ3v) is 6.83. The zero-order chi connectivity index (χ0) is 20.9. The molecule has 154 valence electrons. The van der Waals surface area contributed by atoms with E-state index in [2.05, 4.69) is 5.32 Å². The summed E-state index contributed by atoms with van der Waals surface area (Å²) in [5.41, 5.74) is 2.77. The number of nitrogens with one attached hydrogen (secondary N) is 1. The molecular weight excluding hydrogens is 372 g/mol. The molecule has 2 aliphatic carbocycles. The third kappa shape index (κ3) is 3.32. The highest BCUT2D eigenvalue weighted by Crippen LogP contribution is 2.56. The van der Waals surface area contributed by atoms with Gasteiger partial charge in [-0.1, -0.05) is 6.07 Å². The first-order valence-electron chi connectivity index (χ1n) is 10.2. The molecule has 3 aliphatic rings. The zero-order valence-corrected chi connectivity index (χ0v) is 16.9. The molecule has 7 nitrogen and oxygen atoms in total. The Morgan fingerprint density at radius 1 is 1.10 bits per heavy atom. The normalized spacial score (nSPS) is 28.4. The fraction of sp³-hybridized carbons (Fsp3) is 0.545. The highest BCUT2D eigenvalue weighted by Gasteiger charge is 2.62. The van der Waals surface area contributed by atoms with Gasteiger partial charge in [-0.3, -0.25) is 19.3 Å². The number of carbonyl (C=O) groups excluding carboxylic acids is 4. The van der Waals surface area contributed by atoms with Crippen LogP contribution in [0.15, 0.2) is 18.2 Å². The van der Waals surface area contributed by atoms with Crippen molar-refractivity contribution in [1.82, 2.24) is 4.90 Å². The van der Waals surface area contributed by atoms with Crippen LogP contribution < -0.4 is 5.32 Å². The van der Waals surface area contributed by atoms with Crippen molar-refractivity contribution in [1.29, 1.82) is 0 Å². The molecule has 1 saturated heterocycles. The van der Waals surface area contributed by atoms with Gasteiger partial charge in [0, 0.05) is 5.69 Å². The van der Waals surface area contributed by atoms with Crippen molar-refractivity contribution in [3.05, 3.63) is 29.3 Å². The molecule has 0 radical (unpaired) electrons. The van der Waals surface area contributed by atoms with E-state index in [1.165, 1.54) is 6.92 Å². The van der Waals surface area contributed by atoms with E-state index in [4.69, 9.17) is 4.74 Å². The van der Waals surface area contributed by atoms with Gasteiger partial charge >= 0.3 is 5.97 Å². The molecule has 1 N–H and O–H groups in total. The number of imide groups is 1. The van der Waals surface area contributed by atoms with Crippen LogP contribution >= 0.6 is 0 Å². The Kier molecular flexibility index (Phi) is 4.92. The number of anilines is 1. The van der Waals surface area contributed by atoms with Crippen molar-refractivity contribution in [3.8, 4) is 0 Å². The van der Waals surface area contributed by atoms with Gasteiger partial charge in [0.05, 0.1) is 11.8 Å². The summed E-state index contributed by atoms with van der Waals surface area (Å²) in [4.78, 5) is 51.2. The lowest BCUT2D eigenvalue weighted by atomic mass is 9.81. The molecule has 4 rings (SSSR count). The minimum atomic E-state index is -1.02. The van der Waals surface area contributed by atoms with Crippen LogP contribution in [0.2, 0.25) is 0 Å². The molecule has 0 spiro atoms. The van der Waals surface area contributed by atoms with Crippen molar-refractivity contribution < 1.29 is 23.9 Å². The Bertz CT molecular complexity index is 867. The van der Waals surface area contributed by atoms with Crippen molar-refractivity contribution in [2.24, 2.45) is 23.7 Å². The fourth-order valence-electron chi connectivity index (χ4n) is 5.19. The average Bonchev–Trinajstić information content (AvgIpc) is 3.36. The monoisotopic (exact) mass is 398 g/mol. The molecular formula is C22H26N2O5. The van der Waals surface area contributed by atoms with Gasteiger partial charge in [-0.2, -0.15) is 0 Å². The van der Waals surface area contributed by atoms with E-state index in [0.717, 1.165) is 35.3 Å². The summed E-state index contributed by atoms with van der Waals surface area (Å²) in [7, 11) is 0. The van der Waals surface area contributed by atoms with Crippen LogP contribution in [0.1, 0.15) is 37.3 Å². The van der Waals surface area contributed by atoms with E-state index in [1.807, 2.05) is 26.0 Å². The maximum Gasteiger partial charge on any atom is 0.329 e. The molecule has 29 heavy (non-hydrogen) atoms. The standard InChI is InChI=1S/C22H26N2O5/c1-11-4-7-16(8-12(11)2)23-17(25)10-29-22(28)13(3)24-20(26)18-14-5-6-15(9-14)19(18)21(24)27/h4,7-8,13-15,18-19H,5-6,9-10H2,1-3H3,(H,23,25)/t13-,14-,15+,18-,19+/m1/s1. The number of benzene rings is 1. The summed E-state index contributed by atoms with van der Waals surface area (Å²) in [5, 5.41) is 2.68. The molecule has 7 heteroatoms. The van der Waals surface area contributed by atoms with Gasteiger partial charge in [-0.15, -0.1) is 0 Å². The lowest BCUT2D eigenvalue weighted by Gasteiger charge is -2.23. The lowest BCUT2D eigenvalue weighted by Crippen LogP contribution is -2.45. The maximum atomic E-state index is 12.8. The average molecular weight is 398 g/mol. The van der Waals surface area contributed by atoms with Crippen LogP contribution in [0.3, 0.4) is 0 Å². The second kappa shape index (κ2) is 7.28. The van der Waals surface area contributed by atoms with Crippen LogP contribution in [0.4, 0.5) is 5.69 Å². The number of nitrogens with zero attached hydrogens (tertiary/aromatic N) is 1. The van der Waals surface area contributed by atoms with E-state index in [0.29, 0.717) is 5.69 Å². The van der Waals surface area contributed by atoms with Crippen LogP contribution in [0.5, 0.6) is 0 Å². The van der Waals surface area contributed by atoms with Gasteiger partial charge in [0.2, 0.25) is 11.8 Å². The number of fused-ring (bicyclic) bond motifs is 5. The largest absolute Gasteiger partial charge is 0.454 e. The number of rotatable bonds is 5. The predicted octanol–water partition coefficient (Wildman–Crippen LogP) is 2.20. The molecule has 0 unspecified atom stereocenters. The molecule has 1 aliphatic heterocycles. The smallest absolute Gasteiger partial charge is 0.329 e. The van der Waals surface area contributed by atoms with Gasteiger partial charge in [-0.05, 0) is 75.1 Å². The zero-order valence-electron chi connectivity index (χ0n) is 16.9. The van der Waals surface area contributed by atoms with Gasteiger partial charge in [-0.25, -0.2) is 4.79 Å². The van der Waals surface area contributed by atoms with E-state index in [1.54, 1.807) is 6.07 Å². The first kappa shape index (κ1) is 19.6. The SMILES string of the molecule is Cc1ccc(NC(=O)COC(=O)[C@@H](C)N2C(=O)[C@@H]3[C@@H]4CC[C@@H](C4)[C@@H]3C2=O)cc1C. The van der Waals surface area contributed by atoms with E-state index >= 15 is 0 Å². The Hall–Kier alpha value is -2.70. The van der Waals surface area contributed by atoms with Crippen LogP contribution in [0.25, 0.3) is 0 Å². The number of hydrogen-bond acceptors (Lipinski definition) is 5. The van der Waals surface area contributed by atoms with Crippen molar-refractivity contribution in [2.75, 3.05) is 11.9 Å². The lowest BCUT2D eigenvalue weighted by molar-refractivity contribution is -0.159. The van der Waals surface area contributed by atoms with Gasteiger partial charge in [0.1, 0.15) is 6.04 Å². The second-order valence-electron chi connectivity index (χ2n) is 8.56. The molecule has 0 aromatic heterocycles. The highest BCUT2D eigenvalue weighted by molar-refractivity contribution is 6.08. The van der Waals surface area contributed by atoms with Crippen LogP contribution in [-0.2, 0) is 23.9 Å². The maximum absolute atomic E-state index is 12.8. The molecule has 3 fully saturated rings. The highest BCUT2D eigenvalue weighted by atomic mass is 16.5. The molecule has 3 amide bonds. The van der Waals surface area contributed by atoms with Crippen LogP contribution in [0, 0.1) is 37.5 Å². The molecule has 2 bridgehead atoms. The minimum Gasteiger partial charge on any atom is -0.454 e. The number of likely N-dealkylation sites (tertiary alicyclic amines) is 1. The Balaban J connectivity index is 1.34. The van der Waals surface area contributed by atoms with Gasteiger partial charge in [0.15, 0.2) is 6.61 Å². The second-order valence-corrected chi connectivity index (χ2v) is 8.56. The summed E-state index contributed by atoms with van der Waals surface area (Å²) in [5.74, 6) is -1.74. The number of esters is 1. The number of aryl methyl sites for hydroxylation is 2.